The topological polar surface area (TPSA) is 72.2 Å². The lowest BCUT2D eigenvalue weighted by atomic mass is 10.2. The molecule has 2 aromatic rings. The molecule has 0 aromatic heterocycles. The molecular formula is C14H15FN2O2S. The Morgan fingerprint density at radius 1 is 1.20 bits per heavy atom. The zero-order valence-electron chi connectivity index (χ0n) is 10.9. The van der Waals surface area contributed by atoms with E-state index < -0.39 is 15.8 Å². The van der Waals surface area contributed by atoms with E-state index in [0.29, 0.717) is 16.8 Å². The Bertz CT molecular complexity index is 730. The summed E-state index contributed by atoms with van der Waals surface area (Å²) in [5.41, 5.74) is 7.02. The molecule has 0 aliphatic heterocycles. The summed E-state index contributed by atoms with van der Waals surface area (Å²) >= 11 is 0. The first-order chi connectivity index (χ1) is 9.44. The first-order valence-electron chi connectivity index (χ1n) is 6.01. The molecule has 0 amide bonds. The number of rotatable bonds is 4. The molecule has 0 saturated heterocycles. The van der Waals surface area contributed by atoms with Crippen molar-refractivity contribution in [1.82, 2.24) is 0 Å². The molecule has 2 rings (SSSR count). The van der Waals surface area contributed by atoms with Crippen LogP contribution in [0.2, 0.25) is 0 Å². The van der Waals surface area contributed by atoms with E-state index in [1.807, 2.05) is 0 Å². The van der Waals surface area contributed by atoms with E-state index in [0.717, 1.165) is 6.07 Å². The molecule has 3 N–H and O–H groups in total. The molecule has 0 atom stereocenters. The molecule has 0 aliphatic carbocycles. The van der Waals surface area contributed by atoms with E-state index in [-0.39, 0.29) is 11.4 Å². The molecule has 0 fully saturated rings. The molecule has 0 unspecified atom stereocenters. The van der Waals surface area contributed by atoms with E-state index in [4.69, 9.17) is 5.73 Å². The van der Waals surface area contributed by atoms with Gasteiger partial charge in [0.2, 0.25) is 0 Å². The van der Waals surface area contributed by atoms with Crippen LogP contribution in [-0.4, -0.2) is 8.42 Å². The fraction of sp³-hybridized carbons (Fsp3) is 0.143. The highest BCUT2D eigenvalue weighted by molar-refractivity contribution is 7.92. The summed E-state index contributed by atoms with van der Waals surface area (Å²) in [7, 11) is -3.83. The van der Waals surface area contributed by atoms with Crippen molar-refractivity contribution in [2.75, 3.05) is 4.72 Å². The number of hydrogen-bond acceptors (Lipinski definition) is 3. The van der Waals surface area contributed by atoms with Crippen molar-refractivity contribution in [2.24, 2.45) is 5.73 Å². The molecule has 106 valence electrons. The summed E-state index contributed by atoms with van der Waals surface area (Å²) in [6, 6.07) is 10.6. The summed E-state index contributed by atoms with van der Waals surface area (Å²) < 4.78 is 40.3. The van der Waals surface area contributed by atoms with Crippen molar-refractivity contribution in [3.8, 4) is 0 Å². The number of anilines is 1. The van der Waals surface area contributed by atoms with Crippen LogP contribution < -0.4 is 10.5 Å². The Morgan fingerprint density at radius 3 is 2.55 bits per heavy atom. The molecule has 0 saturated carbocycles. The smallest absolute Gasteiger partial charge is 0.262 e. The lowest BCUT2D eigenvalue weighted by Crippen LogP contribution is -2.15. The number of para-hydroxylation sites is 1. The molecular weight excluding hydrogens is 279 g/mol. The summed E-state index contributed by atoms with van der Waals surface area (Å²) in [6.45, 7) is 1.78. The molecule has 4 nitrogen and oxygen atoms in total. The number of nitrogens with one attached hydrogen (secondary N) is 1. The van der Waals surface area contributed by atoms with Gasteiger partial charge in [0.05, 0.1) is 10.6 Å². The van der Waals surface area contributed by atoms with E-state index in [2.05, 4.69) is 4.72 Å². The Hall–Kier alpha value is -1.92. The Kier molecular flexibility index (Phi) is 4.06. The highest BCUT2D eigenvalue weighted by Gasteiger charge is 2.16. The molecule has 0 radical (unpaired) electrons. The minimum atomic E-state index is -3.83. The van der Waals surface area contributed by atoms with Crippen LogP contribution >= 0.6 is 0 Å². The molecule has 0 spiro atoms. The first-order valence-corrected chi connectivity index (χ1v) is 7.49. The van der Waals surface area contributed by atoms with Crippen molar-refractivity contribution in [1.29, 1.82) is 0 Å². The number of hydrogen-bond donors (Lipinski definition) is 2. The average Bonchev–Trinajstić information content (AvgIpc) is 2.42. The van der Waals surface area contributed by atoms with Gasteiger partial charge in [-0.15, -0.1) is 0 Å². The minimum Gasteiger partial charge on any atom is -0.326 e. The monoisotopic (exact) mass is 294 g/mol. The van der Waals surface area contributed by atoms with Gasteiger partial charge >= 0.3 is 0 Å². The van der Waals surface area contributed by atoms with Gasteiger partial charge in [-0.3, -0.25) is 4.72 Å². The lowest BCUT2D eigenvalue weighted by Gasteiger charge is -2.12. The zero-order chi connectivity index (χ0) is 14.8. The normalized spacial score (nSPS) is 11.3. The van der Waals surface area contributed by atoms with Gasteiger partial charge in [0.25, 0.3) is 10.0 Å². The second kappa shape index (κ2) is 5.60. The molecule has 2 aromatic carbocycles. The second-order valence-electron chi connectivity index (χ2n) is 4.38. The SMILES string of the molecule is Cc1ccc(S(=O)(=O)Nc2ccccc2CN)cc1F. The minimum absolute atomic E-state index is 0.118. The van der Waals surface area contributed by atoms with Crippen LogP contribution in [0.15, 0.2) is 47.4 Å². The number of halogens is 1. The van der Waals surface area contributed by atoms with Crippen LogP contribution in [0.5, 0.6) is 0 Å². The van der Waals surface area contributed by atoms with Gasteiger partial charge in [-0.2, -0.15) is 0 Å². The van der Waals surface area contributed by atoms with Gasteiger partial charge in [-0.25, -0.2) is 12.8 Å². The maximum Gasteiger partial charge on any atom is 0.262 e. The fourth-order valence-electron chi connectivity index (χ4n) is 1.74. The number of nitrogens with two attached hydrogens (primary N) is 1. The van der Waals surface area contributed by atoms with Crippen LogP contribution in [0, 0.1) is 12.7 Å². The Balaban J connectivity index is 2.38. The third kappa shape index (κ3) is 2.97. The second-order valence-corrected chi connectivity index (χ2v) is 6.06. The maximum absolute atomic E-state index is 13.5. The van der Waals surface area contributed by atoms with Gasteiger partial charge in [0.1, 0.15) is 5.82 Å². The number of aryl methyl sites for hydroxylation is 1. The van der Waals surface area contributed by atoms with Crippen molar-refractivity contribution in [2.45, 2.75) is 18.4 Å². The third-order valence-electron chi connectivity index (χ3n) is 2.94. The zero-order valence-corrected chi connectivity index (χ0v) is 11.7. The number of benzene rings is 2. The third-order valence-corrected chi connectivity index (χ3v) is 4.30. The predicted octanol–water partition coefficient (Wildman–Crippen LogP) is 2.39. The molecule has 0 heterocycles. The van der Waals surface area contributed by atoms with Crippen molar-refractivity contribution < 1.29 is 12.8 Å². The molecule has 0 aliphatic rings. The van der Waals surface area contributed by atoms with Gasteiger partial charge in [-0.05, 0) is 36.2 Å². The summed E-state index contributed by atoms with van der Waals surface area (Å²) in [6.07, 6.45) is 0. The van der Waals surface area contributed by atoms with Crippen molar-refractivity contribution in [3.05, 3.63) is 59.4 Å². The number of sulfonamides is 1. The van der Waals surface area contributed by atoms with E-state index >= 15 is 0 Å². The summed E-state index contributed by atoms with van der Waals surface area (Å²) in [5.74, 6) is -0.556. The Morgan fingerprint density at radius 2 is 1.90 bits per heavy atom. The summed E-state index contributed by atoms with van der Waals surface area (Å²) in [5, 5.41) is 0. The van der Waals surface area contributed by atoms with Crippen LogP contribution in [0.4, 0.5) is 10.1 Å². The lowest BCUT2D eigenvalue weighted by molar-refractivity contribution is 0.593. The van der Waals surface area contributed by atoms with Crippen LogP contribution in [0.1, 0.15) is 11.1 Å². The summed E-state index contributed by atoms with van der Waals surface area (Å²) in [4.78, 5) is -0.118. The standard InChI is InChI=1S/C14H15FN2O2S/c1-10-6-7-12(8-13(10)15)20(18,19)17-14-5-3-2-4-11(14)9-16/h2-8,17H,9,16H2,1H3. The van der Waals surface area contributed by atoms with Gasteiger partial charge in [0, 0.05) is 6.54 Å². The molecule has 6 heteroatoms. The van der Waals surface area contributed by atoms with Gasteiger partial charge in [0.15, 0.2) is 0 Å². The van der Waals surface area contributed by atoms with Crippen LogP contribution in [0.25, 0.3) is 0 Å². The Labute approximate surface area is 117 Å². The molecule has 0 bridgehead atoms. The van der Waals surface area contributed by atoms with Crippen LogP contribution in [-0.2, 0) is 16.6 Å². The largest absolute Gasteiger partial charge is 0.326 e. The van der Waals surface area contributed by atoms with E-state index in [9.17, 15) is 12.8 Å². The predicted molar refractivity (Wildman–Crippen MR) is 76.3 cm³/mol. The molecule has 20 heavy (non-hydrogen) atoms. The average molecular weight is 294 g/mol. The van der Waals surface area contributed by atoms with Gasteiger partial charge in [-0.1, -0.05) is 24.3 Å². The highest BCUT2D eigenvalue weighted by atomic mass is 32.2. The van der Waals surface area contributed by atoms with Crippen LogP contribution in [0.3, 0.4) is 0 Å². The maximum atomic E-state index is 13.5. The highest BCUT2D eigenvalue weighted by Crippen LogP contribution is 2.21. The quantitative estimate of drug-likeness (QED) is 0.909. The van der Waals surface area contributed by atoms with E-state index in [1.165, 1.54) is 12.1 Å². The van der Waals surface area contributed by atoms with Crippen molar-refractivity contribution >= 4 is 15.7 Å². The van der Waals surface area contributed by atoms with Crippen molar-refractivity contribution in [3.63, 3.8) is 0 Å². The fourth-order valence-corrected chi connectivity index (χ4v) is 2.85. The van der Waals surface area contributed by atoms with E-state index in [1.54, 1.807) is 31.2 Å². The first kappa shape index (κ1) is 14.5. The van der Waals surface area contributed by atoms with Gasteiger partial charge < -0.3 is 5.73 Å².